The number of anilines is 1. The summed E-state index contributed by atoms with van der Waals surface area (Å²) in [6, 6.07) is 14.0. The van der Waals surface area contributed by atoms with Gasteiger partial charge in [-0.3, -0.25) is 9.69 Å². The molecule has 0 N–H and O–H groups in total. The second kappa shape index (κ2) is 6.57. The average molecular weight is 367 g/mol. The SMILES string of the molecule is O=C1C(Cc2cccc(C(F)(F)F)c2)SC(=S)N1c1ccccc1. The zero-order chi connectivity index (χ0) is 17.3. The second-order valence-electron chi connectivity index (χ2n) is 5.28. The van der Waals surface area contributed by atoms with Crippen molar-refractivity contribution in [1.29, 1.82) is 0 Å². The van der Waals surface area contributed by atoms with Crippen LogP contribution in [0.15, 0.2) is 54.6 Å². The van der Waals surface area contributed by atoms with Crippen LogP contribution in [0, 0.1) is 0 Å². The van der Waals surface area contributed by atoms with Crippen molar-refractivity contribution >= 4 is 39.9 Å². The number of halogens is 3. The Bertz CT molecular complexity index is 777. The third kappa shape index (κ3) is 3.47. The molecule has 2 nitrogen and oxygen atoms in total. The number of nitrogens with zero attached hydrogens (tertiary/aromatic N) is 1. The van der Waals surface area contributed by atoms with Crippen LogP contribution in [-0.2, 0) is 17.4 Å². The van der Waals surface area contributed by atoms with E-state index in [0.29, 0.717) is 15.6 Å². The quantitative estimate of drug-likeness (QED) is 0.735. The molecule has 0 aromatic heterocycles. The monoisotopic (exact) mass is 367 g/mol. The number of thiocarbonyl (C=S) groups is 1. The minimum absolute atomic E-state index is 0.200. The third-order valence-electron chi connectivity index (χ3n) is 3.61. The average Bonchev–Trinajstić information content (AvgIpc) is 2.82. The highest BCUT2D eigenvalue weighted by molar-refractivity contribution is 8.25. The highest BCUT2D eigenvalue weighted by Crippen LogP contribution is 2.35. The van der Waals surface area contributed by atoms with E-state index in [9.17, 15) is 18.0 Å². The Kier molecular flexibility index (Phi) is 4.64. The number of hydrogen-bond acceptors (Lipinski definition) is 3. The van der Waals surface area contributed by atoms with Gasteiger partial charge in [-0.1, -0.05) is 60.4 Å². The first-order chi connectivity index (χ1) is 11.4. The number of hydrogen-bond donors (Lipinski definition) is 0. The lowest BCUT2D eigenvalue weighted by Gasteiger charge is -2.15. The summed E-state index contributed by atoms with van der Waals surface area (Å²) in [5, 5.41) is -0.513. The first-order valence-corrected chi connectivity index (χ1v) is 8.41. The molecule has 124 valence electrons. The summed E-state index contributed by atoms with van der Waals surface area (Å²) in [6.07, 6.45) is -4.19. The van der Waals surface area contributed by atoms with Gasteiger partial charge in [0.1, 0.15) is 4.32 Å². The topological polar surface area (TPSA) is 20.3 Å². The molecule has 7 heteroatoms. The summed E-state index contributed by atoms with van der Waals surface area (Å²) in [5.41, 5.74) is 0.429. The molecular weight excluding hydrogens is 355 g/mol. The minimum atomic E-state index is -4.39. The van der Waals surface area contributed by atoms with E-state index >= 15 is 0 Å². The number of amides is 1. The highest BCUT2D eigenvalue weighted by Gasteiger charge is 2.38. The van der Waals surface area contributed by atoms with Crippen LogP contribution >= 0.6 is 24.0 Å². The summed E-state index contributed by atoms with van der Waals surface area (Å²) >= 11 is 6.48. The zero-order valence-corrected chi connectivity index (χ0v) is 13.9. The molecule has 1 heterocycles. The van der Waals surface area contributed by atoms with Crippen LogP contribution in [0.2, 0.25) is 0 Å². The molecule has 1 amide bonds. The molecule has 3 rings (SSSR count). The van der Waals surface area contributed by atoms with Crippen molar-refractivity contribution in [3.8, 4) is 0 Å². The van der Waals surface area contributed by atoms with Crippen molar-refractivity contribution in [2.75, 3.05) is 4.90 Å². The molecule has 1 unspecified atom stereocenters. The number of para-hydroxylation sites is 1. The number of carbonyl (C=O) groups excluding carboxylic acids is 1. The Balaban J connectivity index is 1.80. The van der Waals surface area contributed by atoms with Gasteiger partial charge in [-0.05, 0) is 30.2 Å². The fourth-order valence-corrected chi connectivity index (χ4v) is 4.06. The van der Waals surface area contributed by atoms with Crippen molar-refractivity contribution in [2.24, 2.45) is 0 Å². The molecule has 2 aromatic rings. The van der Waals surface area contributed by atoms with Crippen LogP contribution in [0.25, 0.3) is 0 Å². The van der Waals surface area contributed by atoms with Gasteiger partial charge in [0.25, 0.3) is 0 Å². The van der Waals surface area contributed by atoms with E-state index in [1.807, 2.05) is 6.07 Å². The first-order valence-electron chi connectivity index (χ1n) is 7.12. The van der Waals surface area contributed by atoms with Gasteiger partial charge in [-0.15, -0.1) is 0 Å². The number of benzene rings is 2. The standard InChI is InChI=1S/C17H12F3NOS2/c18-17(19,20)12-6-4-5-11(9-12)10-14-15(22)21(16(23)24-14)13-7-2-1-3-8-13/h1-9,14H,10H2. The summed E-state index contributed by atoms with van der Waals surface area (Å²) in [7, 11) is 0. The number of rotatable bonds is 3. The van der Waals surface area contributed by atoms with Crippen molar-refractivity contribution in [2.45, 2.75) is 17.8 Å². The van der Waals surface area contributed by atoms with E-state index in [2.05, 4.69) is 0 Å². The van der Waals surface area contributed by atoms with Crippen LogP contribution in [0.5, 0.6) is 0 Å². The van der Waals surface area contributed by atoms with E-state index in [-0.39, 0.29) is 12.3 Å². The molecule has 0 radical (unpaired) electrons. The molecule has 0 saturated carbocycles. The number of alkyl halides is 3. The molecule has 0 bridgehead atoms. The smallest absolute Gasteiger partial charge is 0.273 e. The second-order valence-corrected chi connectivity index (χ2v) is 7.12. The lowest BCUT2D eigenvalue weighted by Crippen LogP contribution is -2.31. The van der Waals surface area contributed by atoms with Gasteiger partial charge in [0.2, 0.25) is 5.91 Å². The molecule has 1 saturated heterocycles. The molecule has 0 spiro atoms. The lowest BCUT2D eigenvalue weighted by molar-refractivity contribution is -0.137. The lowest BCUT2D eigenvalue weighted by atomic mass is 10.1. The fraction of sp³-hybridized carbons (Fsp3) is 0.176. The molecular formula is C17H12F3NOS2. The zero-order valence-electron chi connectivity index (χ0n) is 12.3. The van der Waals surface area contributed by atoms with Crippen molar-refractivity contribution in [1.82, 2.24) is 0 Å². The maximum atomic E-state index is 12.8. The highest BCUT2D eigenvalue weighted by atomic mass is 32.2. The van der Waals surface area contributed by atoms with Gasteiger partial charge < -0.3 is 0 Å². The summed E-state index contributed by atoms with van der Waals surface area (Å²) in [4.78, 5) is 14.0. The van der Waals surface area contributed by atoms with Crippen molar-refractivity contribution in [3.05, 3.63) is 65.7 Å². The van der Waals surface area contributed by atoms with Gasteiger partial charge in [-0.25, -0.2) is 0 Å². The summed E-state index contributed by atoms with van der Waals surface area (Å²) in [6.45, 7) is 0. The molecule has 1 fully saturated rings. The molecule has 2 aromatic carbocycles. The van der Waals surface area contributed by atoms with Crippen molar-refractivity contribution in [3.63, 3.8) is 0 Å². The van der Waals surface area contributed by atoms with Crippen LogP contribution in [0.4, 0.5) is 18.9 Å². The van der Waals surface area contributed by atoms with E-state index in [1.165, 1.54) is 22.7 Å². The van der Waals surface area contributed by atoms with Crippen LogP contribution in [0.3, 0.4) is 0 Å². The molecule has 1 aliphatic heterocycles. The fourth-order valence-electron chi connectivity index (χ4n) is 2.49. The van der Waals surface area contributed by atoms with Gasteiger partial charge in [0, 0.05) is 0 Å². The molecule has 24 heavy (non-hydrogen) atoms. The molecule has 1 aliphatic rings. The summed E-state index contributed by atoms with van der Waals surface area (Å²) in [5.74, 6) is -0.200. The summed E-state index contributed by atoms with van der Waals surface area (Å²) < 4.78 is 38.8. The Morgan fingerprint density at radius 1 is 1.08 bits per heavy atom. The number of thioether (sulfide) groups is 1. The van der Waals surface area contributed by atoms with Gasteiger partial charge in [0.05, 0.1) is 16.5 Å². The van der Waals surface area contributed by atoms with Crippen molar-refractivity contribution < 1.29 is 18.0 Å². The Morgan fingerprint density at radius 3 is 2.46 bits per heavy atom. The van der Waals surface area contributed by atoms with E-state index < -0.39 is 17.0 Å². The maximum absolute atomic E-state index is 12.8. The molecule has 1 atom stereocenters. The first kappa shape index (κ1) is 17.0. The normalized spacial score (nSPS) is 18.3. The third-order valence-corrected chi connectivity index (χ3v) is 5.12. The largest absolute Gasteiger partial charge is 0.416 e. The van der Waals surface area contributed by atoms with Crippen LogP contribution in [-0.4, -0.2) is 15.5 Å². The van der Waals surface area contributed by atoms with Crippen LogP contribution in [0.1, 0.15) is 11.1 Å². The predicted molar refractivity (Wildman–Crippen MR) is 93.1 cm³/mol. The Labute approximate surface area is 146 Å². The van der Waals surface area contributed by atoms with Crippen LogP contribution < -0.4 is 4.90 Å². The van der Waals surface area contributed by atoms with Gasteiger partial charge >= 0.3 is 6.18 Å². The van der Waals surface area contributed by atoms with Gasteiger partial charge in [-0.2, -0.15) is 13.2 Å². The maximum Gasteiger partial charge on any atom is 0.416 e. The van der Waals surface area contributed by atoms with Gasteiger partial charge in [0.15, 0.2) is 0 Å². The number of carbonyl (C=O) groups is 1. The van der Waals surface area contributed by atoms with E-state index in [0.717, 1.165) is 12.1 Å². The molecule has 0 aliphatic carbocycles. The Morgan fingerprint density at radius 2 is 1.79 bits per heavy atom. The van der Waals surface area contributed by atoms with E-state index in [1.54, 1.807) is 30.3 Å². The minimum Gasteiger partial charge on any atom is -0.273 e. The Hall–Kier alpha value is -1.86. The predicted octanol–water partition coefficient (Wildman–Crippen LogP) is 4.68. The van der Waals surface area contributed by atoms with E-state index in [4.69, 9.17) is 12.2 Å².